The Kier molecular flexibility index (Phi) is 10.9. The number of hydrogen-bond donors (Lipinski definition) is 2. The fourth-order valence-corrected chi connectivity index (χ4v) is 3.81. The molecule has 6 aromatic rings. The van der Waals surface area contributed by atoms with Crippen LogP contribution in [0.25, 0.3) is 43.1 Å². The van der Waals surface area contributed by atoms with E-state index in [1.165, 1.54) is 54.9 Å². The summed E-state index contributed by atoms with van der Waals surface area (Å²) in [5, 5.41) is 25.8. The van der Waals surface area contributed by atoms with E-state index in [4.69, 9.17) is 19.8 Å². The van der Waals surface area contributed by atoms with E-state index in [-0.39, 0.29) is 21.7 Å². The van der Waals surface area contributed by atoms with Crippen molar-refractivity contribution in [3.8, 4) is 24.7 Å². The van der Waals surface area contributed by atoms with Crippen LogP contribution in [0.5, 0.6) is 0 Å². The molecule has 6 rings (SSSR count). The van der Waals surface area contributed by atoms with Crippen LogP contribution in [0.2, 0.25) is 0 Å². The number of aliphatic carboxylic acids is 2. The number of benzene rings is 4. The fourth-order valence-electron chi connectivity index (χ4n) is 3.81. The van der Waals surface area contributed by atoms with Gasteiger partial charge in [-0.2, -0.15) is 0 Å². The first kappa shape index (κ1) is 28.6. The standard InChI is InChI=1S/2C13H9.2C3H2O2.Ti/c2*1-3-7-12-10(5-1)9-11-6-2-4-8-13(11)12;2*1-2-3(4)5;/h2*1-9H;2*1H,(H,4,5);/q2*-1;;;+2. The van der Waals surface area contributed by atoms with E-state index in [1.807, 2.05) is 0 Å². The van der Waals surface area contributed by atoms with E-state index in [2.05, 4.69) is 122 Å². The van der Waals surface area contributed by atoms with Gasteiger partial charge in [0, 0.05) is 11.8 Å². The van der Waals surface area contributed by atoms with Crippen molar-refractivity contribution in [1.29, 1.82) is 0 Å². The van der Waals surface area contributed by atoms with E-state index in [0.717, 1.165) is 0 Å². The molecule has 0 atom stereocenters. The smallest absolute Gasteiger partial charge is 0.472 e. The predicted octanol–water partition coefficient (Wildman–Crippen LogP) is 6.83. The van der Waals surface area contributed by atoms with Crippen molar-refractivity contribution in [3.05, 3.63) is 109 Å². The van der Waals surface area contributed by atoms with E-state index in [0.29, 0.717) is 0 Å². The number of carboxylic acids is 2. The Morgan fingerprint density at radius 1 is 0.514 bits per heavy atom. The van der Waals surface area contributed by atoms with Crippen LogP contribution < -0.4 is 0 Å². The zero-order valence-electron chi connectivity index (χ0n) is 19.8. The van der Waals surface area contributed by atoms with Gasteiger partial charge in [0.15, 0.2) is 0 Å². The minimum absolute atomic E-state index is 0. The molecule has 0 aliphatic heterocycles. The third-order valence-corrected chi connectivity index (χ3v) is 5.29. The van der Waals surface area contributed by atoms with Crippen LogP contribution in [-0.2, 0) is 31.3 Å². The molecule has 0 amide bonds. The Hall–Kier alpha value is -4.61. The van der Waals surface area contributed by atoms with Gasteiger partial charge < -0.3 is 10.2 Å². The second-order valence-electron chi connectivity index (χ2n) is 7.54. The van der Waals surface area contributed by atoms with Crippen LogP contribution >= 0.6 is 0 Å². The molecule has 37 heavy (non-hydrogen) atoms. The maximum Gasteiger partial charge on any atom is 2.00 e. The predicted molar refractivity (Wildman–Crippen MR) is 147 cm³/mol. The first-order valence-electron chi connectivity index (χ1n) is 10.9. The van der Waals surface area contributed by atoms with Crippen molar-refractivity contribution in [2.45, 2.75) is 0 Å². The first-order chi connectivity index (χ1) is 17.4. The maximum atomic E-state index is 9.13. The molecule has 2 N–H and O–H groups in total. The molecule has 5 heteroatoms. The van der Waals surface area contributed by atoms with Crippen molar-refractivity contribution in [2.24, 2.45) is 0 Å². The zero-order valence-corrected chi connectivity index (χ0v) is 21.3. The summed E-state index contributed by atoms with van der Waals surface area (Å²) in [6.07, 6.45) is 8.64. The molecule has 0 bridgehead atoms. The Morgan fingerprint density at radius 2 is 0.703 bits per heavy atom. The zero-order chi connectivity index (χ0) is 25.9. The van der Waals surface area contributed by atoms with E-state index in [1.54, 1.807) is 0 Å². The quantitative estimate of drug-likeness (QED) is 0.131. The fraction of sp³-hybridized carbons (Fsp3) is 0. The molecule has 0 heterocycles. The molecule has 178 valence electrons. The molecule has 0 aliphatic carbocycles. The topological polar surface area (TPSA) is 74.6 Å². The summed E-state index contributed by atoms with van der Waals surface area (Å²) < 4.78 is 0. The minimum atomic E-state index is -1.22. The first-order valence-corrected chi connectivity index (χ1v) is 10.9. The molecular weight excluding hydrogens is 496 g/mol. The summed E-state index contributed by atoms with van der Waals surface area (Å²) in [7, 11) is 0. The monoisotopic (exact) mass is 518 g/mol. The Bertz CT molecular complexity index is 1490. The maximum absolute atomic E-state index is 9.13. The summed E-state index contributed by atoms with van der Waals surface area (Å²) in [5.41, 5.74) is 0. The van der Waals surface area contributed by atoms with Gasteiger partial charge >= 0.3 is 33.7 Å². The number of hydrogen-bond acceptors (Lipinski definition) is 2. The van der Waals surface area contributed by atoms with Crippen molar-refractivity contribution < 1.29 is 41.5 Å². The minimum Gasteiger partial charge on any atom is -0.472 e. The Labute approximate surface area is 229 Å². The van der Waals surface area contributed by atoms with Crippen molar-refractivity contribution in [3.63, 3.8) is 0 Å². The van der Waals surface area contributed by atoms with Gasteiger partial charge in [-0.25, -0.2) is 9.59 Å². The van der Waals surface area contributed by atoms with Gasteiger partial charge in [0.05, 0.1) is 0 Å². The Balaban J connectivity index is 0.000000190. The van der Waals surface area contributed by atoms with Crippen LogP contribution in [0.1, 0.15) is 0 Å². The molecule has 0 unspecified atom stereocenters. The largest absolute Gasteiger partial charge is 2.00 e. The number of rotatable bonds is 0. The molecule has 0 radical (unpaired) electrons. The van der Waals surface area contributed by atoms with Crippen LogP contribution in [-0.4, -0.2) is 22.2 Å². The molecule has 0 aliphatic rings. The average Bonchev–Trinajstić information content (AvgIpc) is 3.48. The molecule has 0 saturated heterocycles. The van der Waals surface area contributed by atoms with Crippen molar-refractivity contribution in [2.75, 3.05) is 0 Å². The van der Waals surface area contributed by atoms with Gasteiger partial charge in [0.25, 0.3) is 0 Å². The van der Waals surface area contributed by atoms with Crippen LogP contribution in [0.3, 0.4) is 0 Å². The van der Waals surface area contributed by atoms with E-state index >= 15 is 0 Å². The summed E-state index contributed by atoms with van der Waals surface area (Å²) >= 11 is 0. The normalized spacial score (nSPS) is 9.24. The van der Waals surface area contributed by atoms with E-state index in [9.17, 15) is 0 Å². The summed E-state index contributed by atoms with van der Waals surface area (Å²) in [6, 6.07) is 38.5. The number of terminal acetylenes is 2. The number of carbonyl (C=O) groups is 2. The molecule has 0 aromatic heterocycles. The SMILES string of the molecule is C#CC(=O)O.C#CC(=O)O.[Ti+2].c1ccc2c(c1)[cH-]c1ccccc12.c1ccc2c(c1)[cH-]c1ccccc12. The van der Waals surface area contributed by atoms with Gasteiger partial charge in [-0.15, -0.1) is 92.3 Å². The van der Waals surface area contributed by atoms with Gasteiger partial charge in [-0.05, 0) is 0 Å². The van der Waals surface area contributed by atoms with Crippen molar-refractivity contribution in [1.82, 2.24) is 0 Å². The number of fused-ring (bicyclic) bond motifs is 6. The third kappa shape index (κ3) is 7.69. The van der Waals surface area contributed by atoms with E-state index < -0.39 is 11.9 Å². The molecule has 4 nitrogen and oxygen atoms in total. The number of carboxylic acid groups (broad SMARTS) is 2. The van der Waals surface area contributed by atoms with Gasteiger partial charge in [0.1, 0.15) is 0 Å². The van der Waals surface area contributed by atoms with Gasteiger partial charge in [0.2, 0.25) is 0 Å². The molecule has 6 aromatic carbocycles. The van der Waals surface area contributed by atoms with Crippen LogP contribution in [0.15, 0.2) is 109 Å². The molecular formula is C32H22O4Ti. The second-order valence-corrected chi connectivity index (χ2v) is 7.54. The average molecular weight is 518 g/mol. The third-order valence-electron chi connectivity index (χ3n) is 5.29. The molecule has 0 fully saturated rings. The second kappa shape index (κ2) is 14.1. The van der Waals surface area contributed by atoms with Crippen LogP contribution in [0, 0.1) is 24.7 Å². The summed E-state index contributed by atoms with van der Waals surface area (Å²) in [5.74, 6) is 0.454. The Morgan fingerprint density at radius 3 is 0.892 bits per heavy atom. The van der Waals surface area contributed by atoms with Gasteiger partial charge in [-0.3, -0.25) is 0 Å². The van der Waals surface area contributed by atoms with Crippen LogP contribution in [0.4, 0.5) is 0 Å². The van der Waals surface area contributed by atoms with Gasteiger partial charge in [-0.1, -0.05) is 72.8 Å². The van der Waals surface area contributed by atoms with Crippen molar-refractivity contribution >= 4 is 55.0 Å². The summed E-state index contributed by atoms with van der Waals surface area (Å²) in [4.78, 5) is 18.3. The molecule has 0 spiro atoms. The summed E-state index contributed by atoms with van der Waals surface area (Å²) in [6.45, 7) is 0. The molecule has 0 saturated carbocycles.